The molecule has 0 saturated heterocycles. The maximum atomic E-state index is 12.6. The van der Waals surface area contributed by atoms with Crippen LogP contribution >= 0.6 is 23.2 Å². The Balaban J connectivity index is 1.64. The zero-order valence-electron chi connectivity index (χ0n) is 17.5. The van der Waals surface area contributed by atoms with Gasteiger partial charge in [-0.3, -0.25) is 0 Å². The molecular weight excluding hydrogens is 529 g/mol. The van der Waals surface area contributed by atoms with E-state index < -0.39 is 26.4 Å². The molecule has 0 atom stereocenters. The highest BCUT2D eigenvalue weighted by molar-refractivity contribution is 7.92. The molecule has 34 heavy (non-hydrogen) atoms. The Hall–Kier alpha value is -3.13. The normalized spacial score (nSPS) is 11.5. The van der Waals surface area contributed by atoms with Crippen molar-refractivity contribution in [2.45, 2.75) is 18.7 Å². The fourth-order valence-electron chi connectivity index (χ4n) is 2.62. The largest absolute Gasteiger partial charge is 0.411 e. The fraction of sp³-hybridized carbons (Fsp3) is 0.105. The highest BCUT2D eigenvalue weighted by atomic mass is 35.5. The number of nitrogens with zero attached hydrogens (tertiary/aromatic N) is 2. The van der Waals surface area contributed by atoms with Gasteiger partial charge in [-0.15, -0.1) is 0 Å². The molecule has 0 saturated carbocycles. The topological polar surface area (TPSA) is 156 Å². The van der Waals surface area contributed by atoms with Crippen molar-refractivity contribution in [1.29, 1.82) is 0 Å². The van der Waals surface area contributed by atoms with E-state index in [1.54, 1.807) is 24.6 Å². The number of rotatable bonds is 7. The smallest absolute Gasteiger partial charge is 0.365 e. The number of aromatic nitrogens is 2. The van der Waals surface area contributed by atoms with Gasteiger partial charge in [-0.1, -0.05) is 23.2 Å². The highest BCUT2D eigenvalue weighted by Gasteiger charge is 2.20. The molecule has 0 aliphatic rings. The summed E-state index contributed by atoms with van der Waals surface area (Å²) in [4.78, 5) is 20.0. The van der Waals surface area contributed by atoms with Crippen LogP contribution in [0.5, 0.6) is 5.75 Å². The van der Waals surface area contributed by atoms with Crippen molar-refractivity contribution in [3.05, 3.63) is 70.0 Å². The Morgan fingerprint density at radius 3 is 2.12 bits per heavy atom. The lowest BCUT2D eigenvalue weighted by Crippen LogP contribution is -2.37. The molecule has 11 nitrogen and oxygen atoms in total. The van der Waals surface area contributed by atoms with E-state index in [4.69, 9.17) is 27.4 Å². The molecule has 0 unspecified atom stereocenters. The number of hydrogen-bond acceptors (Lipinski definition) is 8. The Morgan fingerprint density at radius 1 is 0.912 bits per heavy atom. The van der Waals surface area contributed by atoms with Gasteiger partial charge in [0.25, 0.3) is 10.0 Å². The van der Waals surface area contributed by atoms with E-state index in [0.29, 0.717) is 11.4 Å². The molecule has 15 heteroatoms. The van der Waals surface area contributed by atoms with Crippen molar-refractivity contribution < 1.29 is 25.8 Å². The molecule has 1 aromatic heterocycles. The maximum Gasteiger partial charge on any atom is 0.411 e. The average Bonchev–Trinajstić information content (AvgIpc) is 2.69. The molecular formula is C19H17Cl2N5O6S2. The molecule has 1 heterocycles. The number of urea groups is 1. The van der Waals surface area contributed by atoms with Crippen LogP contribution in [0.4, 0.5) is 16.4 Å². The summed E-state index contributed by atoms with van der Waals surface area (Å²) >= 11 is 11.6. The minimum Gasteiger partial charge on any atom is -0.365 e. The van der Waals surface area contributed by atoms with Crippen LogP contribution in [0.3, 0.4) is 0 Å². The van der Waals surface area contributed by atoms with E-state index in [1.807, 2.05) is 0 Å². The number of anilines is 2. The van der Waals surface area contributed by atoms with E-state index >= 15 is 0 Å². The van der Waals surface area contributed by atoms with E-state index in [9.17, 15) is 21.6 Å². The zero-order chi connectivity index (χ0) is 25.1. The summed E-state index contributed by atoms with van der Waals surface area (Å²) in [6, 6.07) is 9.33. The summed E-state index contributed by atoms with van der Waals surface area (Å²) in [6.45, 7) is 3.40. The lowest BCUT2D eigenvalue weighted by molar-refractivity contribution is 0.256. The van der Waals surface area contributed by atoms with Crippen LogP contribution in [-0.4, -0.2) is 32.8 Å². The molecule has 0 aliphatic carbocycles. The number of halogens is 2. The van der Waals surface area contributed by atoms with E-state index in [2.05, 4.69) is 20.0 Å². The Bertz CT molecular complexity index is 1430. The van der Waals surface area contributed by atoms with E-state index in [-0.39, 0.29) is 32.3 Å². The number of aryl methyl sites for hydroxylation is 2. The lowest BCUT2D eigenvalue weighted by Gasteiger charge is -2.11. The first kappa shape index (κ1) is 25.5. The standard InChI is InChI=1S/C19H17Cl2N5O6S2/c1-11-9-12(2)23-18(22-11)25-33(28,29)15-6-4-14(5-7-15)24-19(27)26-34(30,31)32-17-8-3-13(20)10-16(17)21/h3-10H,1-2H3,(H,22,23,25)(H2,24,26,27). The van der Waals surface area contributed by atoms with Gasteiger partial charge < -0.3 is 9.50 Å². The maximum absolute atomic E-state index is 12.6. The second-order valence-electron chi connectivity index (χ2n) is 6.77. The van der Waals surface area contributed by atoms with Crippen molar-refractivity contribution in [2.75, 3.05) is 10.0 Å². The van der Waals surface area contributed by atoms with Gasteiger partial charge in [0.2, 0.25) is 5.95 Å². The van der Waals surface area contributed by atoms with Crippen LogP contribution in [0.2, 0.25) is 10.0 Å². The van der Waals surface area contributed by atoms with Crippen molar-refractivity contribution in [3.63, 3.8) is 0 Å². The third kappa shape index (κ3) is 6.93. The zero-order valence-corrected chi connectivity index (χ0v) is 20.7. The molecule has 2 aromatic carbocycles. The Labute approximate surface area is 205 Å². The lowest BCUT2D eigenvalue weighted by atomic mass is 10.3. The molecule has 2 amide bonds. The Morgan fingerprint density at radius 2 is 1.53 bits per heavy atom. The van der Waals surface area contributed by atoms with Gasteiger partial charge in [0.1, 0.15) is 0 Å². The number of carbonyl (C=O) groups is 1. The number of carbonyl (C=O) groups excluding carboxylic acids is 1. The summed E-state index contributed by atoms with van der Waals surface area (Å²) in [5.74, 6) is -0.314. The van der Waals surface area contributed by atoms with Gasteiger partial charge in [0.05, 0.1) is 9.92 Å². The van der Waals surface area contributed by atoms with Crippen LogP contribution in [0.1, 0.15) is 11.4 Å². The van der Waals surface area contributed by atoms with Crippen molar-refractivity contribution in [1.82, 2.24) is 14.7 Å². The minimum atomic E-state index is -4.57. The van der Waals surface area contributed by atoms with Gasteiger partial charge in [-0.05, 0) is 62.4 Å². The highest BCUT2D eigenvalue weighted by Crippen LogP contribution is 2.28. The first-order valence-electron chi connectivity index (χ1n) is 9.26. The van der Waals surface area contributed by atoms with Crippen LogP contribution < -0.4 is 18.9 Å². The second-order valence-corrected chi connectivity index (χ2v) is 10.6. The summed E-state index contributed by atoms with van der Waals surface area (Å²) in [7, 11) is -8.58. The summed E-state index contributed by atoms with van der Waals surface area (Å²) < 4.78 is 57.9. The SMILES string of the molecule is Cc1cc(C)nc(NS(=O)(=O)c2ccc(NC(=O)NS(=O)(=O)Oc3ccc(Cl)cc3Cl)cc2)n1. The van der Waals surface area contributed by atoms with E-state index in [0.717, 1.165) is 0 Å². The minimum absolute atomic E-state index is 0.0742. The molecule has 3 rings (SSSR count). The van der Waals surface area contributed by atoms with Crippen molar-refractivity contribution in [2.24, 2.45) is 0 Å². The summed E-state index contributed by atoms with van der Waals surface area (Å²) in [5.41, 5.74) is 1.29. The molecule has 0 aliphatic heterocycles. The first-order valence-corrected chi connectivity index (χ1v) is 12.9. The van der Waals surface area contributed by atoms with E-state index in [1.165, 1.54) is 42.5 Å². The molecule has 0 bridgehead atoms. The van der Waals surface area contributed by atoms with Crippen LogP contribution in [-0.2, 0) is 20.3 Å². The fourth-order valence-corrected chi connectivity index (χ4v) is 4.76. The number of benzene rings is 2. The monoisotopic (exact) mass is 545 g/mol. The van der Waals surface area contributed by atoms with Crippen LogP contribution in [0.15, 0.2) is 53.4 Å². The first-order chi connectivity index (χ1) is 15.8. The van der Waals surface area contributed by atoms with Crippen LogP contribution in [0, 0.1) is 13.8 Å². The van der Waals surface area contributed by atoms with Gasteiger partial charge in [-0.25, -0.2) is 32.6 Å². The Kier molecular flexibility index (Phi) is 7.51. The van der Waals surface area contributed by atoms with Crippen molar-refractivity contribution in [3.8, 4) is 5.75 Å². The third-order valence-electron chi connectivity index (χ3n) is 3.94. The number of nitrogens with one attached hydrogen (secondary N) is 3. The van der Waals surface area contributed by atoms with Gasteiger partial charge in [0, 0.05) is 22.1 Å². The predicted molar refractivity (Wildman–Crippen MR) is 127 cm³/mol. The molecule has 0 spiro atoms. The van der Waals surface area contributed by atoms with Crippen LogP contribution in [0.25, 0.3) is 0 Å². The van der Waals surface area contributed by atoms with Crippen molar-refractivity contribution >= 4 is 61.2 Å². The van der Waals surface area contributed by atoms with Gasteiger partial charge >= 0.3 is 16.3 Å². The number of sulfonamides is 1. The number of amides is 2. The molecule has 3 N–H and O–H groups in total. The predicted octanol–water partition coefficient (Wildman–Crippen LogP) is 3.65. The summed E-state index contributed by atoms with van der Waals surface area (Å²) in [6.07, 6.45) is 0. The third-order valence-corrected chi connectivity index (χ3v) is 6.65. The van der Waals surface area contributed by atoms with Gasteiger partial charge in [-0.2, -0.15) is 8.42 Å². The second kappa shape index (κ2) is 10.0. The average molecular weight is 546 g/mol. The number of hydrogen-bond donors (Lipinski definition) is 3. The molecule has 3 aromatic rings. The quantitative estimate of drug-likeness (QED) is 0.406. The molecule has 0 radical (unpaired) electrons. The summed E-state index contributed by atoms with van der Waals surface area (Å²) in [5, 5.41) is 2.44. The molecule has 0 fully saturated rings. The molecule has 180 valence electrons. The van der Waals surface area contributed by atoms with Gasteiger partial charge in [0.15, 0.2) is 5.75 Å².